The van der Waals surface area contributed by atoms with Crippen molar-refractivity contribution >= 4 is 29.1 Å². The number of nitrogens with one attached hydrogen (secondary N) is 1. The number of carbonyl (C=O) groups is 3. The van der Waals surface area contributed by atoms with Crippen molar-refractivity contribution in [2.45, 2.75) is 13.3 Å². The van der Waals surface area contributed by atoms with Gasteiger partial charge in [0.1, 0.15) is 0 Å². The number of nitrogens with two attached hydrogens (primary N) is 1. The van der Waals surface area contributed by atoms with Gasteiger partial charge in [-0.3, -0.25) is 14.4 Å². The van der Waals surface area contributed by atoms with Gasteiger partial charge in [0, 0.05) is 18.7 Å². The number of primary amides is 1. The van der Waals surface area contributed by atoms with Crippen molar-refractivity contribution in [3.05, 3.63) is 59.7 Å². The van der Waals surface area contributed by atoms with Crippen LogP contribution < -0.4 is 16.0 Å². The van der Waals surface area contributed by atoms with E-state index in [4.69, 9.17) is 5.73 Å². The molecule has 2 aromatic carbocycles. The quantitative estimate of drug-likeness (QED) is 0.894. The fraction of sp³-hybridized carbons (Fsp3) is 0.211. The Kier molecular flexibility index (Phi) is 4.52. The van der Waals surface area contributed by atoms with Gasteiger partial charge in [-0.1, -0.05) is 29.8 Å². The molecule has 1 aliphatic rings. The van der Waals surface area contributed by atoms with Gasteiger partial charge in [-0.05, 0) is 31.2 Å². The summed E-state index contributed by atoms with van der Waals surface area (Å²) in [7, 11) is 0. The maximum Gasteiger partial charge on any atom is 0.250 e. The van der Waals surface area contributed by atoms with Gasteiger partial charge in [-0.25, -0.2) is 0 Å². The van der Waals surface area contributed by atoms with Crippen molar-refractivity contribution in [1.82, 2.24) is 0 Å². The van der Waals surface area contributed by atoms with Crippen LogP contribution in [0.1, 0.15) is 22.3 Å². The molecule has 25 heavy (non-hydrogen) atoms. The molecule has 1 fully saturated rings. The average molecular weight is 337 g/mol. The first-order valence-corrected chi connectivity index (χ1v) is 8.02. The minimum atomic E-state index is -0.611. The summed E-state index contributed by atoms with van der Waals surface area (Å²) in [6.45, 7) is 2.29. The van der Waals surface area contributed by atoms with Crippen LogP contribution in [0.15, 0.2) is 48.5 Å². The Morgan fingerprint density at radius 1 is 1.12 bits per heavy atom. The zero-order valence-electron chi connectivity index (χ0n) is 13.9. The molecule has 1 unspecified atom stereocenters. The number of amides is 3. The second kappa shape index (κ2) is 6.76. The minimum Gasteiger partial charge on any atom is -0.366 e. The van der Waals surface area contributed by atoms with Crippen molar-refractivity contribution in [2.24, 2.45) is 11.7 Å². The Bertz CT molecular complexity index is 830. The Balaban J connectivity index is 1.73. The predicted octanol–water partition coefficient (Wildman–Crippen LogP) is 2.09. The van der Waals surface area contributed by atoms with Crippen molar-refractivity contribution in [1.29, 1.82) is 0 Å². The van der Waals surface area contributed by atoms with Gasteiger partial charge in [0.05, 0.1) is 17.2 Å². The maximum absolute atomic E-state index is 12.5. The van der Waals surface area contributed by atoms with E-state index in [0.29, 0.717) is 12.2 Å². The van der Waals surface area contributed by atoms with Crippen LogP contribution in [-0.2, 0) is 9.59 Å². The molecule has 0 bridgehead atoms. The van der Waals surface area contributed by atoms with E-state index in [1.165, 1.54) is 0 Å². The van der Waals surface area contributed by atoms with Crippen LogP contribution in [0.5, 0.6) is 0 Å². The zero-order chi connectivity index (χ0) is 18.0. The summed E-state index contributed by atoms with van der Waals surface area (Å²) in [5, 5.41) is 2.72. The van der Waals surface area contributed by atoms with Crippen LogP contribution >= 0.6 is 0 Å². The number of hydrogen-bond acceptors (Lipinski definition) is 3. The van der Waals surface area contributed by atoms with Crippen LogP contribution in [0.2, 0.25) is 0 Å². The lowest BCUT2D eigenvalue weighted by Crippen LogP contribution is -2.28. The summed E-state index contributed by atoms with van der Waals surface area (Å²) in [5.41, 5.74) is 7.82. The summed E-state index contributed by atoms with van der Waals surface area (Å²) in [6, 6.07) is 14.2. The molecule has 1 atom stereocenters. The molecule has 6 nitrogen and oxygen atoms in total. The molecule has 0 aliphatic carbocycles. The highest BCUT2D eigenvalue weighted by Crippen LogP contribution is 2.26. The Morgan fingerprint density at radius 3 is 2.48 bits per heavy atom. The first kappa shape index (κ1) is 16.7. The summed E-state index contributed by atoms with van der Waals surface area (Å²) in [6.07, 6.45) is 0.137. The zero-order valence-corrected chi connectivity index (χ0v) is 13.9. The van der Waals surface area contributed by atoms with Crippen LogP contribution in [0.25, 0.3) is 0 Å². The van der Waals surface area contributed by atoms with Crippen LogP contribution in [-0.4, -0.2) is 24.3 Å². The van der Waals surface area contributed by atoms with Gasteiger partial charge in [0.25, 0.3) is 5.91 Å². The van der Waals surface area contributed by atoms with E-state index in [1.54, 1.807) is 29.2 Å². The van der Waals surface area contributed by atoms with Crippen molar-refractivity contribution in [2.75, 3.05) is 16.8 Å². The average Bonchev–Trinajstić information content (AvgIpc) is 2.98. The molecule has 0 spiro atoms. The first-order chi connectivity index (χ1) is 12.0. The lowest BCUT2D eigenvalue weighted by Gasteiger charge is -2.17. The monoisotopic (exact) mass is 337 g/mol. The molecule has 3 N–H and O–H groups in total. The van der Waals surface area contributed by atoms with E-state index in [-0.39, 0.29) is 23.8 Å². The molecule has 128 valence electrons. The molecule has 3 amide bonds. The number of aryl methyl sites for hydroxylation is 1. The number of para-hydroxylation sites is 1. The highest BCUT2D eigenvalue weighted by atomic mass is 16.2. The Labute approximate surface area is 145 Å². The van der Waals surface area contributed by atoms with Gasteiger partial charge < -0.3 is 16.0 Å². The van der Waals surface area contributed by atoms with E-state index in [1.807, 2.05) is 31.2 Å². The number of benzene rings is 2. The highest BCUT2D eigenvalue weighted by molar-refractivity contribution is 6.06. The van der Waals surface area contributed by atoms with E-state index in [0.717, 1.165) is 11.3 Å². The molecule has 1 saturated heterocycles. The molecule has 6 heteroatoms. The second-order valence-corrected chi connectivity index (χ2v) is 6.14. The topological polar surface area (TPSA) is 92.5 Å². The third kappa shape index (κ3) is 3.52. The second-order valence-electron chi connectivity index (χ2n) is 6.14. The van der Waals surface area contributed by atoms with Crippen LogP contribution in [0, 0.1) is 12.8 Å². The minimum absolute atomic E-state index is 0.0906. The summed E-state index contributed by atoms with van der Waals surface area (Å²) in [5.74, 6) is -1.47. The van der Waals surface area contributed by atoms with E-state index in [9.17, 15) is 14.4 Å². The molecule has 1 heterocycles. The molecule has 1 aliphatic heterocycles. The van der Waals surface area contributed by atoms with Crippen molar-refractivity contribution in [3.63, 3.8) is 0 Å². The van der Waals surface area contributed by atoms with Crippen molar-refractivity contribution < 1.29 is 14.4 Å². The molecule has 0 saturated carbocycles. The number of hydrogen-bond donors (Lipinski definition) is 2. The van der Waals surface area contributed by atoms with E-state index < -0.39 is 11.8 Å². The summed E-state index contributed by atoms with van der Waals surface area (Å²) >= 11 is 0. The normalized spacial score (nSPS) is 16.8. The molecular formula is C19H19N3O3. The molecule has 0 aromatic heterocycles. The smallest absolute Gasteiger partial charge is 0.250 e. The number of carbonyl (C=O) groups excluding carboxylic acids is 3. The number of rotatable bonds is 4. The van der Waals surface area contributed by atoms with Crippen LogP contribution in [0.3, 0.4) is 0 Å². The Hall–Kier alpha value is -3.15. The number of nitrogens with zero attached hydrogens (tertiary/aromatic N) is 1. The Morgan fingerprint density at radius 2 is 1.80 bits per heavy atom. The number of anilines is 2. The molecular weight excluding hydrogens is 318 g/mol. The van der Waals surface area contributed by atoms with Gasteiger partial charge in [0.15, 0.2) is 0 Å². The largest absolute Gasteiger partial charge is 0.366 e. The van der Waals surface area contributed by atoms with Gasteiger partial charge >= 0.3 is 0 Å². The third-order valence-corrected chi connectivity index (χ3v) is 4.29. The molecule has 2 aromatic rings. The van der Waals surface area contributed by atoms with Crippen molar-refractivity contribution in [3.8, 4) is 0 Å². The summed E-state index contributed by atoms with van der Waals surface area (Å²) < 4.78 is 0. The fourth-order valence-electron chi connectivity index (χ4n) is 2.90. The first-order valence-electron chi connectivity index (χ1n) is 8.02. The molecule has 0 radical (unpaired) electrons. The third-order valence-electron chi connectivity index (χ3n) is 4.29. The maximum atomic E-state index is 12.5. The fourth-order valence-corrected chi connectivity index (χ4v) is 2.90. The standard InChI is InChI=1S/C19H19N3O3/c1-12-6-8-14(9-7-12)22-11-13(10-17(22)23)19(25)21-16-5-3-2-4-15(16)18(20)24/h2-9,13H,10-11H2,1H3,(H2,20,24)(H,21,25). The summed E-state index contributed by atoms with van der Waals surface area (Å²) in [4.78, 5) is 37.9. The lowest BCUT2D eigenvalue weighted by molar-refractivity contribution is -0.122. The molecule has 3 rings (SSSR count). The van der Waals surface area contributed by atoms with Gasteiger partial charge in [0.2, 0.25) is 11.8 Å². The van der Waals surface area contributed by atoms with E-state index in [2.05, 4.69) is 5.32 Å². The predicted molar refractivity (Wildman–Crippen MR) is 95.2 cm³/mol. The van der Waals surface area contributed by atoms with Gasteiger partial charge in [-0.15, -0.1) is 0 Å². The van der Waals surface area contributed by atoms with Gasteiger partial charge in [-0.2, -0.15) is 0 Å². The van der Waals surface area contributed by atoms with E-state index >= 15 is 0 Å². The lowest BCUT2D eigenvalue weighted by atomic mass is 10.1. The SMILES string of the molecule is Cc1ccc(N2CC(C(=O)Nc3ccccc3C(N)=O)CC2=O)cc1. The highest BCUT2D eigenvalue weighted by Gasteiger charge is 2.35. The van der Waals surface area contributed by atoms with Crippen LogP contribution in [0.4, 0.5) is 11.4 Å².